The average Bonchev–Trinajstić information content (AvgIpc) is 2.83. The molecular formula is C17H14ClFO2. The molecule has 0 aromatic heterocycles. The van der Waals surface area contributed by atoms with Crippen LogP contribution in [0.25, 0.3) is 0 Å². The average molecular weight is 305 g/mol. The SMILES string of the molecule is O=C(O)C1(Cc2cccc(F)c2Cl)Cc2ccccc2C1. The molecule has 0 radical (unpaired) electrons. The van der Waals surface area contributed by atoms with Gasteiger partial charge in [0.1, 0.15) is 5.82 Å². The molecule has 2 nitrogen and oxygen atoms in total. The van der Waals surface area contributed by atoms with Crippen LogP contribution in [0.15, 0.2) is 42.5 Å². The minimum absolute atomic E-state index is 0.0223. The summed E-state index contributed by atoms with van der Waals surface area (Å²) in [5.41, 5.74) is 1.70. The zero-order valence-corrected chi connectivity index (χ0v) is 12.0. The van der Waals surface area contributed by atoms with Gasteiger partial charge in [-0.2, -0.15) is 0 Å². The van der Waals surface area contributed by atoms with Crippen molar-refractivity contribution in [3.05, 3.63) is 70.0 Å². The zero-order chi connectivity index (χ0) is 15.0. The van der Waals surface area contributed by atoms with Crippen molar-refractivity contribution in [3.8, 4) is 0 Å². The van der Waals surface area contributed by atoms with Gasteiger partial charge in [-0.1, -0.05) is 48.0 Å². The molecule has 0 heterocycles. The second kappa shape index (κ2) is 5.15. The van der Waals surface area contributed by atoms with Crippen molar-refractivity contribution >= 4 is 17.6 Å². The third-order valence-corrected chi connectivity index (χ3v) is 4.61. The maximum atomic E-state index is 13.6. The largest absolute Gasteiger partial charge is 0.481 e. The Balaban J connectivity index is 1.98. The highest BCUT2D eigenvalue weighted by Gasteiger charge is 2.44. The van der Waals surface area contributed by atoms with Gasteiger partial charge < -0.3 is 5.11 Å². The fourth-order valence-electron chi connectivity index (χ4n) is 3.10. The van der Waals surface area contributed by atoms with Crippen molar-refractivity contribution < 1.29 is 14.3 Å². The maximum Gasteiger partial charge on any atom is 0.310 e. The molecule has 2 aromatic rings. The normalized spacial score (nSPS) is 15.7. The third kappa shape index (κ3) is 2.42. The summed E-state index contributed by atoms with van der Waals surface area (Å²) in [5, 5.41) is 9.74. The summed E-state index contributed by atoms with van der Waals surface area (Å²) in [6.07, 6.45) is 1.13. The fraction of sp³-hybridized carbons (Fsp3) is 0.235. The van der Waals surface area contributed by atoms with E-state index in [2.05, 4.69) is 0 Å². The summed E-state index contributed by atoms with van der Waals surface area (Å²) in [6.45, 7) is 0. The monoisotopic (exact) mass is 304 g/mol. The Morgan fingerprint density at radius 3 is 2.33 bits per heavy atom. The highest BCUT2D eigenvalue weighted by molar-refractivity contribution is 6.31. The number of benzene rings is 2. The summed E-state index contributed by atoms with van der Waals surface area (Å²) in [5.74, 6) is -1.37. The molecular weight excluding hydrogens is 291 g/mol. The van der Waals surface area contributed by atoms with E-state index in [4.69, 9.17) is 11.6 Å². The molecule has 0 saturated carbocycles. The number of rotatable bonds is 3. The van der Waals surface area contributed by atoms with Crippen molar-refractivity contribution in [1.29, 1.82) is 0 Å². The van der Waals surface area contributed by atoms with Crippen molar-refractivity contribution in [2.24, 2.45) is 5.41 Å². The first-order valence-corrected chi connectivity index (χ1v) is 7.13. The number of carboxylic acid groups (broad SMARTS) is 1. The van der Waals surface area contributed by atoms with Crippen molar-refractivity contribution in [2.75, 3.05) is 0 Å². The highest BCUT2D eigenvalue weighted by Crippen LogP contribution is 2.41. The Hall–Kier alpha value is -1.87. The second-order valence-electron chi connectivity index (χ2n) is 5.60. The van der Waals surface area contributed by atoms with E-state index >= 15 is 0 Å². The molecule has 0 fully saturated rings. The van der Waals surface area contributed by atoms with Crippen LogP contribution in [-0.4, -0.2) is 11.1 Å². The molecule has 108 valence electrons. The Bertz CT molecular complexity index is 687. The van der Waals surface area contributed by atoms with Crippen molar-refractivity contribution in [2.45, 2.75) is 19.3 Å². The number of hydrogen-bond acceptors (Lipinski definition) is 1. The lowest BCUT2D eigenvalue weighted by molar-refractivity contribution is -0.148. The van der Waals surface area contributed by atoms with Crippen LogP contribution >= 0.6 is 11.6 Å². The van der Waals surface area contributed by atoms with Gasteiger partial charge in [-0.15, -0.1) is 0 Å². The van der Waals surface area contributed by atoms with E-state index in [1.807, 2.05) is 24.3 Å². The van der Waals surface area contributed by atoms with Crippen LogP contribution in [0.2, 0.25) is 5.02 Å². The van der Waals surface area contributed by atoms with Crippen LogP contribution in [-0.2, 0) is 24.1 Å². The minimum Gasteiger partial charge on any atom is -0.481 e. The van der Waals surface area contributed by atoms with Gasteiger partial charge >= 0.3 is 5.97 Å². The molecule has 2 aromatic carbocycles. The number of carboxylic acids is 1. The van der Waals surface area contributed by atoms with E-state index in [1.165, 1.54) is 6.07 Å². The fourth-order valence-corrected chi connectivity index (χ4v) is 3.29. The van der Waals surface area contributed by atoms with Gasteiger partial charge in [0.05, 0.1) is 10.4 Å². The molecule has 1 aliphatic rings. The Morgan fingerprint density at radius 2 is 1.76 bits per heavy atom. The molecule has 0 spiro atoms. The Labute approximate surface area is 127 Å². The lowest BCUT2D eigenvalue weighted by Crippen LogP contribution is -2.34. The standard InChI is InChI=1S/C17H14ClFO2/c18-15-13(6-3-7-14(15)19)10-17(16(20)21)8-11-4-1-2-5-12(11)9-17/h1-7H,8-10H2,(H,20,21). The summed E-state index contributed by atoms with van der Waals surface area (Å²) in [6, 6.07) is 12.3. The quantitative estimate of drug-likeness (QED) is 0.934. The molecule has 0 aliphatic heterocycles. The topological polar surface area (TPSA) is 37.3 Å². The summed E-state index contributed by atoms with van der Waals surface area (Å²) in [4.78, 5) is 11.9. The van der Waals surface area contributed by atoms with Crippen molar-refractivity contribution in [3.63, 3.8) is 0 Å². The van der Waals surface area contributed by atoms with Crippen LogP contribution in [0.1, 0.15) is 16.7 Å². The van der Waals surface area contributed by atoms with Crippen LogP contribution < -0.4 is 0 Å². The molecule has 0 unspecified atom stereocenters. The number of carbonyl (C=O) groups is 1. The number of hydrogen-bond donors (Lipinski definition) is 1. The van der Waals surface area contributed by atoms with E-state index < -0.39 is 17.2 Å². The second-order valence-corrected chi connectivity index (χ2v) is 5.98. The zero-order valence-electron chi connectivity index (χ0n) is 11.3. The number of aliphatic carboxylic acids is 1. The van der Waals surface area contributed by atoms with Gasteiger partial charge in [0.15, 0.2) is 0 Å². The predicted molar refractivity (Wildman–Crippen MR) is 79.0 cm³/mol. The van der Waals surface area contributed by atoms with Crippen LogP contribution in [0, 0.1) is 11.2 Å². The molecule has 3 rings (SSSR count). The Kier molecular flexibility index (Phi) is 3.46. The molecule has 0 atom stereocenters. The van der Waals surface area contributed by atoms with Crippen molar-refractivity contribution in [1.82, 2.24) is 0 Å². The number of fused-ring (bicyclic) bond motifs is 1. The lowest BCUT2D eigenvalue weighted by atomic mass is 9.79. The van der Waals surface area contributed by atoms with Gasteiger partial charge in [0.2, 0.25) is 0 Å². The van der Waals surface area contributed by atoms with E-state index in [0.29, 0.717) is 18.4 Å². The summed E-state index contributed by atoms with van der Waals surface area (Å²) in [7, 11) is 0. The van der Waals surface area contributed by atoms with E-state index in [0.717, 1.165) is 11.1 Å². The molecule has 0 amide bonds. The molecule has 4 heteroatoms. The molecule has 1 aliphatic carbocycles. The van der Waals surface area contributed by atoms with Gasteiger partial charge in [-0.3, -0.25) is 4.79 Å². The Morgan fingerprint density at radius 1 is 1.14 bits per heavy atom. The molecule has 1 N–H and O–H groups in total. The third-order valence-electron chi connectivity index (χ3n) is 4.19. The predicted octanol–water partition coefficient (Wildman–Crippen LogP) is 3.89. The van der Waals surface area contributed by atoms with Crippen LogP contribution in [0.5, 0.6) is 0 Å². The maximum absolute atomic E-state index is 13.6. The first-order chi connectivity index (χ1) is 10.0. The van der Waals surface area contributed by atoms with E-state index in [-0.39, 0.29) is 11.4 Å². The minimum atomic E-state index is -0.943. The smallest absolute Gasteiger partial charge is 0.310 e. The summed E-state index contributed by atoms with van der Waals surface area (Å²) >= 11 is 5.98. The van der Waals surface area contributed by atoms with E-state index in [9.17, 15) is 14.3 Å². The van der Waals surface area contributed by atoms with Gasteiger partial charge in [0.25, 0.3) is 0 Å². The van der Waals surface area contributed by atoms with Gasteiger partial charge in [0, 0.05) is 0 Å². The lowest BCUT2D eigenvalue weighted by Gasteiger charge is -2.24. The first kappa shape index (κ1) is 14.1. The van der Waals surface area contributed by atoms with Gasteiger partial charge in [-0.25, -0.2) is 4.39 Å². The molecule has 21 heavy (non-hydrogen) atoms. The number of halogens is 2. The van der Waals surface area contributed by atoms with E-state index in [1.54, 1.807) is 12.1 Å². The first-order valence-electron chi connectivity index (χ1n) is 6.75. The van der Waals surface area contributed by atoms with Gasteiger partial charge in [-0.05, 0) is 42.0 Å². The van der Waals surface area contributed by atoms with Crippen LogP contribution in [0.4, 0.5) is 4.39 Å². The molecule has 0 bridgehead atoms. The highest BCUT2D eigenvalue weighted by atomic mass is 35.5. The summed E-state index contributed by atoms with van der Waals surface area (Å²) < 4.78 is 13.6. The molecule has 0 saturated heterocycles. The van der Waals surface area contributed by atoms with Crippen LogP contribution in [0.3, 0.4) is 0 Å².